The average Bonchev–Trinajstić information content (AvgIpc) is 2.97. The molecule has 2 aromatic heterocycles. The summed E-state index contributed by atoms with van der Waals surface area (Å²) in [5.41, 5.74) is 1.68. The van der Waals surface area contributed by atoms with Crippen LogP contribution in [0.5, 0.6) is 0 Å². The number of carbonyl (C=O) groups is 1. The Bertz CT molecular complexity index is 531. The molecule has 2 rings (SSSR count). The van der Waals surface area contributed by atoms with Crippen molar-refractivity contribution in [3.05, 3.63) is 46.6 Å². The van der Waals surface area contributed by atoms with Crippen molar-refractivity contribution in [1.29, 1.82) is 0 Å². The zero-order chi connectivity index (χ0) is 13.1. The molecule has 0 unspecified atom stereocenters. The highest BCUT2D eigenvalue weighted by molar-refractivity contribution is 9.10. The number of halogens is 1. The van der Waals surface area contributed by atoms with Crippen LogP contribution in [0.2, 0.25) is 0 Å². The minimum atomic E-state index is 0.00347. The van der Waals surface area contributed by atoms with Crippen molar-refractivity contribution in [3.63, 3.8) is 0 Å². The summed E-state index contributed by atoms with van der Waals surface area (Å²) in [6, 6.07) is 3.70. The summed E-state index contributed by atoms with van der Waals surface area (Å²) < 4.78 is 7.85. The molecular weight excluding hydrogens is 296 g/mol. The maximum absolute atomic E-state index is 12.3. The minimum absolute atomic E-state index is 0.00347. The Balaban J connectivity index is 2.15. The number of nitrogens with zero attached hydrogens (tertiary/aromatic N) is 2. The number of aryl methyl sites for hydroxylation is 1. The highest BCUT2D eigenvalue weighted by Crippen LogP contribution is 2.17. The number of furan rings is 1. The third kappa shape index (κ3) is 2.67. The summed E-state index contributed by atoms with van der Waals surface area (Å²) >= 11 is 3.40. The van der Waals surface area contributed by atoms with E-state index in [-0.39, 0.29) is 5.91 Å². The van der Waals surface area contributed by atoms with Crippen LogP contribution in [0.3, 0.4) is 0 Å². The van der Waals surface area contributed by atoms with Crippen molar-refractivity contribution in [2.45, 2.75) is 20.0 Å². The second-order valence-electron chi connectivity index (χ2n) is 4.12. The molecule has 0 radical (unpaired) electrons. The summed E-state index contributed by atoms with van der Waals surface area (Å²) in [7, 11) is 1.79. The van der Waals surface area contributed by atoms with Crippen LogP contribution >= 0.6 is 15.9 Å². The van der Waals surface area contributed by atoms with Crippen molar-refractivity contribution < 1.29 is 9.21 Å². The largest absolute Gasteiger partial charge is 0.472 e. The summed E-state index contributed by atoms with van der Waals surface area (Å²) in [6.45, 7) is 3.33. The molecule has 18 heavy (non-hydrogen) atoms. The Labute approximate surface area is 114 Å². The van der Waals surface area contributed by atoms with E-state index in [1.54, 1.807) is 24.5 Å². The van der Waals surface area contributed by atoms with E-state index >= 15 is 0 Å². The van der Waals surface area contributed by atoms with E-state index in [4.69, 9.17) is 4.42 Å². The van der Waals surface area contributed by atoms with Gasteiger partial charge in [-0.05, 0) is 35.0 Å². The summed E-state index contributed by atoms with van der Waals surface area (Å²) in [6.07, 6.45) is 5.18. The molecule has 4 nitrogen and oxygen atoms in total. The van der Waals surface area contributed by atoms with E-state index in [0.717, 1.165) is 16.6 Å². The van der Waals surface area contributed by atoms with Gasteiger partial charge in [0.2, 0.25) is 0 Å². The molecule has 0 spiro atoms. The molecule has 0 N–H and O–H groups in total. The number of amides is 1. The maximum atomic E-state index is 12.3. The molecule has 0 atom stereocenters. The molecule has 0 fully saturated rings. The fourth-order valence-electron chi connectivity index (χ4n) is 1.84. The second-order valence-corrected chi connectivity index (χ2v) is 5.04. The third-order valence-electron chi connectivity index (χ3n) is 2.77. The molecule has 96 valence electrons. The van der Waals surface area contributed by atoms with Crippen molar-refractivity contribution in [2.75, 3.05) is 7.05 Å². The molecule has 1 amide bonds. The minimum Gasteiger partial charge on any atom is -0.472 e. The summed E-state index contributed by atoms with van der Waals surface area (Å²) in [5.74, 6) is 0.00347. The van der Waals surface area contributed by atoms with Gasteiger partial charge in [-0.3, -0.25) is 4.79 Å². The number of aromatic nitrogens is 1. The van der Waals surface area contributed by atoms with E-state index in [1.165, 1.54) is 0 Å². The van der Waals surface area contributed by atoms with E-state index in [1.807, 2.05) is 29.8 Å². The van der Waals surface area contributed by atoms with Gasteiger partial charge in [0.1, 0.15) is 5.69 Å². The van der Waals surface area contributed by atoms with Crippen LogP contribution in [0.15, 0.2) is 39.7 Å². The van der Waals surface area contributed by atoms with Gasteiger partial charge < -0.3 is 13.9 Å². The van der Waals surface area contributed by atoms with Crippen LogP contribution in [-0.2, 0) is 13.1 Å². The lowest BCUT2D eigenvalue weighted by Gasteiger charge is -2.17. The number of hydrogen-bond acceptors (Lipinski definition) is 2. The van der Waals surface area contributed by atoms with E-state index < -0.39 is 0 Å². The van der Waals surface area contributed by atoms with Crippen molar-refractivity contribution in [1.82, 2.24) is 9.47 Å². The molecule has 0 aromatic carbocycles. The monoisotopic (exact) mass is 310 g/mol. The lowest BCUT2D eigenvalue weighted by atomic mass is 10.3. The van der Waals surface area contributed by atoms with Crippen LogP contribution in [0.4, 0.5) is 0 Å². The molecule has 0 aliphatic rings. The highest BCUT2D eigenvalue weighted by Gasteiger charge is 2.17. The lowest BCUT2D eigenvalue weighted by molar-refractivity contribution is 0.0774. The summed E-state index contributed by atoms with van der Waals surface area (Å²) in [4.78, 5) is 14.0. The predicted molar refractivity (Wildman–Crippen MR) is 72.3 cm³/mol. The van der Waals surface area contributed by atoms with Crippen LogP contribution in [0, 0.1) is 0 Å². The van der Waals surface area contributed by atoms with Gasteiger partial charge in [0, 0.05) is 36.4 Å². The smallest absolute Gasteiger partial charge is 0.270 e. The van der Waals surface area contributed by atoms with Gasteiger partial charge >= 0.3 is 0 Å². The Kier molecular flexibility index (Phi) is 3.91. The lowest BCUT2D eigenvalue weighted by Crippen LogP contribution is -2.27. The van der Waals surface area contributed by atoms with Gasteiger partial charge in [0.05, 0.1) is 12.5 Å². The van der Waals surface area contributed by atoms with Gasteiger partial charge in [0.15, 0.2) is 0 Å². The standard InChI is InChI=1S/C13H15BrN2O2/c1-3-16-8-11(14)6-12(16)13(17)15(2)7-10-4-5-18-9-10/h4-6,8-9H,3,7H2,1-2H3. The molecule has 0 aliphatic carbocycles. The van der Waals surface area contributed by atoms with Crippen molar-refractivity contribution >= 4 is 21.8 Å². The van der Waals surface area contributed by atoms with Gasteiger partial charge in [0.25, 0.3) is 5.91 Å². The first kappa shape index (κ1) is 13.0. The maximum Gasteiger partial charge on any atom is 0.270 e. The Morgan fingerprint density at radius 3 is 2.94 bits per heavy atom. The topological polar surface area (TPSA) is 38.4 Å². The molecule has 2 heterocycles. The predicted octanol–water partition coefficient (Wildman–Crippen LogP) is 3.14. The van der Waals surface area contributed by atoms with Crippen molar-refractivity contribution in [3.8, 4) is 0 Å². The van der Waals surface area contributed by atoms with Gasteiger partial charge in [-0.15, -0.1) is 0 Å². The molecular formula is C13H15BrN2O2. The molecule has 5 heteroatoms. The summed E-state index contributed by atoms with van der Waals surface area (Å²) in [5, 5.41) is 0. The van der Waals surface area contributed by atoms with Crippen LogP contribution in [0.25, 0.3) is 0 Å². The SMILES string of the molecule is CCn1cc(Br)cc1C(=O)N(C)Cc1ccoc1. The first-order valence-electron chi connectivity index (χ1n) is 5.74. The van der Waals surface area contributed by atoms with Gasteiger partial charge in [-0.2, -0.15) is 0 Å². The number of hydrogen-bond donors (Lipinski definition) is 0. The Morgan fingerprint density at radius 1 is 1.56 bits per heavy atom. The fraction of sp³-hybridized carbons (Fsp3) is 0.308. The quantitative estimate of drug-likeness (QED) is 0.870. The molecule has 0 aliphatic heterocycles. The zero-order valence-corrected chi connectivity index (χ0v) is 12.0. The van der Waals surface area contributed by atoms with Crippen LogP contribution < -0.4 is 0 Å². The van der Waals surface area contributed by atoms with E-state index in [2.05, 4.69) is 15.9 Å². The molecule has 0 saturated heterocycles. The molecule has 2 aromatic rings. The van der Waals surface area contributed by atoms with Crippen LogP contribution in [-0.4, -0.2) is 22.4 Å². The fourth-order valence-corrected chi connectivity index (χ4v) is 2.30. The average molecular weight is 311 g/mol. The highest BCUT2D eigenvalue weighted by atomic mass is 79.9. The van der Waals surface area contributed by atoms with Crippen molar-refractivity contribution in [2.24, 2.45) is 0 Å². The van der Waals surface area contributed by atoms with E-state index in [9.17, 15) is 4.79 Å². The normalized spacial score (nSPS) is 10.6. The first-order chi connectivity index (χ1) is 8.61. The molecule has 0 bridgehead atoms. The number of carbonyl (C=O) groups excluding carboxylic acids is 1. The van der Waals surface area contributed by atoms with Gasteiger partial charge in [-0.1, -0.05) is 0 Å². The van der Waals surface area contributed by atoms with E-state index in [0.29, 0.717) is 12.2 Å². The van der Waals surface area contributed by atoms with Gasteiger partial charge in [-0.25, -0.2) is 0 Å². The third-order valence-corrected chi connectivity index (χ3v) is 3.20. The van der Waals surface area contributed by atoms with Crippen LogP contribution in [0.1, 0.15) is 23.0 Å². The zero-order valence-electron chi connectivity index (χ0n) is 10.4. The second kappa shape index (κ2) is 5.44. The Hall–Kier alpha value is -1.49. The molecule has 0 saturated carbocycles. The number of rotatable bonds is 4. The first-order valence-corrected chi connectivity index (χ1v) is 6.53. The Morgan fingerprint density at radius 2 is 2.33 bits per heavy atom.